The van der Waals surface area contributed by atoms with Crippen LogP contribution in [0.4, 0.5) is 0 Å². The van der Waals surface area contributed by atoms with E-state index in [1.807, 2.05) is 0 Å². The van der Waals surface area contributed by atoms with Gasteiger partial charge in [0, 0.05) is 5.56 Å². The Labute approximate surface area is 118 Å². The maximum absolute atomic E-state index is 12.0. The van der Waals surface area contributed by atoms with Gasteiger partial charge in [-0.15, -0.1) is 0 Å². The van der Waals surface area contributed by atoms with Crippen LogP contribution in [0.2, 0.25) is 0 Å². The topological polar surface area (TPSA) is 80.0 Å². The van der Waals surface area contributed by atoms with Gasteiger partial charge in [0.25, 0.3) is 0 Å². The number of hydrogen-bond acceptors (Lipinski definition) is 6. The van der Waals surface area contributed by atoms with Crippen molar-refractivity contribution in [3.05, 3.63) is 17.7 Å². The third kappa shape index (κ3) is 2.80. The van der Waals surface area contributed by atoms with Gasteiger partial charge in [0.2, 0.25) is 5.75 Å². The average Bonchev–Trinajstić information content (AvgIpc) is 2.45. The van der Waals surface area contributed by atoms with Gasteiger partial charge in [0.1, 0.15) is 5.54 Å². The van der Waals surface area contributed by atoms with Crippen molar-refractivity contribution in [1.29, 1.82) is 0 Å². The minimum atomic E-state index is -1.35. The van der Waals surface area contributed by atoms with E-state index in [0.29, 0.717) is 22.8 Å². The molecule has 0 heterocycles. The standard InChI is InChI=1S/C14H21NO5/c1-6-20-13(16)14(2,15)9-7-8-10(17-3)12(19-5)11(9)18-4/h7-8H,6,15H2,1-5H3. The molecule has 112 valence electrons. The third-order valence-electron chi connectivity index (χ3n) is 2.96. The van der Waals surface area contributed by atoms with Gasteiger partial charge in [-0.2, -0.15) is 0 Å². The SMILES string of the molecule is CCOC(=O)C(C)(N)c1ccc(OC)c(OC)c1OC. The summed E-state index contributed by atoms with van der Waals surface area (Å²) < 4.78 is 20.8. The molecule has 1 aromatic carbocycles. The molecule has 0 aliphatic carbocycles. The van der Waals surface area contributed by atoms with Crippen LogP contribution < -0.4 is 19.9 Å². The number of carbonyl (C=O) groups excluding carboxylic acids is 1. The van der Waals surface area contributed by atoms with Gasteiger partial charge in [-0.3, -0.25) is 0 Å². The van der Waals surface area contributed by atoms with E-state index in [2.05, 4.69) is 0 Å². The van der Waals surface area contributed by atoms with E-state index in [9.17, 15) is 4.79 Å². The fourth-order valence-corrected chi connectivity index (χ4v) is 1.90. The van der Waals surface area contributed by atoms with Crippen molar-refractivity contribution < 1.29 is 23.7 Å². The van der Waals surface area contributed by atoms with Crippen LogP contribution in [-0.4, -0.2) is 33.9 Å². The van der Waals surface area contributed by atoms with Gasteiger partial charge in [-0.25, -0.2) is 4.79 Å². The molecule has 0 bridgehead atoms. The zero-order chi connectivity index (χ0) is 15.3. The maximum atomic E-state index is 12.0. The number of ether oxygens (including phenoxy) is 4. The first kappa shape index (κ1) is 16.1. The lowest BCUT2D eigenvalue weighted by molar-refractivity contribution is -0.149. The van der Waals surface area contributed by atoms with Crippen LogP contribution in [-0.2, 0) is 15.1 Å². The summed E-state index contributed by atoms with van der Waals surface area (Å²) >= 11 is 0. The molecule has 0 spiro atoms. The number of rotatable bonds is 6. The zero-order valence-corrected chi connectivity index (χ0v) is 12.5. The predicted molar refractivity (Wildman–Crippen MR) is 74.3 cm³/mol. The summed E-state index contributed by atoms with van der Waals surface area (Å²) in [5.41, 5.74) is 5.23. The lowest BCUT2D eigenvalue weighted by atomic mass is 9.91. The van der Waals surface area contributed by atoms with E-state index in [4.69, 9.17) is 24.7 Å². The summed E-state index contributed by atoms with van der Waals surface area (Å²) in [6.45, 7) is 3.54. The first-order chi connectivity index (χ1) is 9.43. The minimum absolute atomic E-state index is 0.251. The van der Waals surface area contributed by atoms with Crippen molar-refractivity contribution >= 4 is 5.97 Å². The Morgan fingerprint density at radius 2 is 1.75 bits per heavy atom. The van der Waals surface area contributed by atoms with Crippen molar-refractivity contribution in [3.63, 3.8) is 0 Å². The molecule has 20 heavy (non-hydrogen) atoms. The second-order valence-electron chi connectivity index (χ2n) is 4.30. The van der Waals surface area contributed by atoms with E-state index in [1.165, 1.54) is 21.3 Å². The van der Waals surface area contributed by atoms with Crippen molar-refractivity contribution in [3.8, 4) is 17.2 Å². The molecule has 1 aromatic rings. The van der Waals surface area contributed by atoms with Crippen LogP contribution in [0.1, 0.15) is 19.4 Å². The summed E-state index contributed by atoms with van der Waals surface area (Å²) in [7, 11) is 4.48. The molecule has 0 saturated heterocycles. The van der Waals surface area contributed by atoms with Crippen LogP contribution >= 0.6 is 0 Å². The lowest BCUT2D eigenvalue weighted by Crippen LogP contribution is -2.43. The summed E-state index contributed by atoms with van der Waals surface area (Å²) in [6.07, 6.45) is 0. The molecular formula is C14H21NO5. The highest BCUT2D eigenvalue weighted by Crippen LogP contribution is 2.43. The molecule has 2 N–H and O–H groups in total. The van der Waals surface area contributed by atoms with Crippen molar-refractivity contribution in [2.24, 2.45) is 5.73 Å². The fourth-order valence-electron chi connectivity index (χ4n) is 1.90. The summed E-state index contributed by atoms with van der Waals surface area (Å²) in [5, 5.41) is 0. The number of nitrogens with two attached hydrogens (primary N) is 1. The molecule has 0 amide bonds. The molecule has 0 aromatic heterocycles. The largest absolute Gasteiger partial charge is 0.493 e. The Hall–Kier alpha value is -1.95. The molecule has 6 heteroatoms. The lowest BCUT2D eigenvalue weighted by Gasteiger charge is -2.26. The Balaban J connectivity index is 3.41. The predicted octanol–water partition coefficient (Wildman–Crippen LogP) is 1.45. The normalized spacial score (nSPS) is 13.3. The number of methoxy groups -OCH3 is 3. The molecular weight excluding hydrogens is 262 g/mol. The second-order valence-corrected chi connectivity index (χ2v) is 4.30. The molecule has 1 unspecified atom stereocenters. The zero-order valence-electron chi connectivity index (χ0n) is 12.5. The van der Waals surface area contributed by atoms with Crippen LogP contribution in [0.15, 0.2) is 12.1 Å². The van der Waals surface area contributed by atoms with Crippen LogP contribution in [0.25, 0.3) is 0 Å². The quantitative estimate of drug-likeness (QED) is 0.796. The highest BCUT2D eigenvalue weighted by Gasteiger charge is 2.37. The van der Waals surface area contributed by atoms with Gasteiger partial charge >= 0.3 is 5.97 Å². The van der Waals surface area contributed by atoms with Gasteiger partial charge < -0.3 is 24.7 Å². The molecule has 6 nitrogen and oxygen atoms in total. The Morgan fingerprint density at radius 3 is 2.20 bits per heavy atom. The molecule has 0 fully saturated rings. The number of carbonyl (C=O) groups is 1. The first-order valence-electron chi connectivity index (χ1n) is 6.19. The first-order valence-corrected chi connectivity index (χ1v) is 6.19. The average molecular weight is 283 g/mol. The summed E-state index contributed by atoms with van der Waals surface area (Å²) in [5.74, 6) is 0.691. The van der Waals surface area contributed by atoms with E-state index in [1.54, 1.807) is 26.0 Å². The Kier molecular flexibility index (Phi) is 5.21. The third-order valence-corrected chi connectivity index (χ3v) is 2.96. The Morgan fingerprint density at radius 1 is 1.15 bits per heavy atom. The van der Waals surface area contributed by atoms with Gasteiger partial charge in [0.05, 0.1) is 27.9 Å². The van der Waals surface area contributed by atoms with E-state index in [-0.39, 0.29) is 6.61 Å². The van der Waals surface area contributed by atoms with Crippen LogP contribution in [0.3, 0.4) is 0 Å². The molecule has 0 aliphatic rings. The van der Waals surface area contributed by atoms with Gasteiger partial charge in [-0.1, -0.05) is 0 Å². The van der Waals surface area contributed by atoms with Crippen LogP contribution in [0.5, 0.6) is 17.2 Å². The highest BCUT2D eigenvalue weighted by molar-refractivity contribution is 5.83. The molecule has 0 aliphatic heterocycles. The smallest absolute Gasteiger partial charge is 0.330 e. The minimum Gasteiger partial charge on any atom is -0.493 e. The Bertz CT molecular complexity index is 485. The fraction of sp³-hybridized carbons (Fsp3) is 0.500. The molecule has 1 atom stereocenters. The van der Waals surface area contributed by atoms with Crippen molar-refractivity contribution in [2.45, 2.75) is 19.4 Å². The van der Waals surface area contributed by atoms with Crippen LogP contribution in [0, 0.1) is 0 Å². The van der Waals surface area contributed by atoms with Gasteiger partial charge in [0.15, 0.2) is 11.5 Å². The summed E-state index contributed by atoms with van der Waals surface area (Å²) in [4.78, 5) is 12.0. The van der Waals surface area contributed by atoms with Crippen molar-refractivity contribution in [1.82, 2.24) is 0 Å². The molecule has 1 rings (SSSR count). The van der Waals surface area contributed by atoms with E-state index < -0.39 is 11.5 Å². The van der Waals surface area contributed by atoms with E-state index in [0.717, 1.165) is 0 Å². The second kappa shape index (κ2) is 6.47. The number of esters is 1. The highest BCUT2D eigenvalue weighted by atomic mass is 16.5. The molecule has 0 saturated carbocycles. The summed E-state index contributed by atoms with van der Waals surface area (Å²) in [6, 6.07) is 3.33. The molecule has 0 radical (unpaired) electrons. The monoisotopic (exact) mass is 283 g/mol. The number of hydrogen-bond donors (Lipinski definition) is 1. The van der Waals surface area contributed by atoms with Gasteiger partial charge in [-0.05, 0) is 26.0 Å². The van der Waals surface area contributed by atoms with Crippen molar-refractivity contribution in [2.75, 3.05) is 27.9 Å². The number of benzene rings is 1. The maximum Gasteiger partial charge on any atom is 0.330 e. The van der Waals surface area contributed by atoms with E-state index >= 15 is 0 Å².